The molecule has 0 saturated heterocycles. The van der Waals surface area contributed by atoms with Gasteiger partial charge in [0.05, 0.1) is 0 Å². The molecule has 2 N–H and O–H groups in total. The average molecular weight is 341 g/mol. The quantitative estimate of drug-likeness (QED) is 0.592. The first-order valence-electron chi connectivity index (χ1n) is 2.77. The van der Waals surface area contributed by atoms with Gasteiger partial charge in [0, 0.05) is 39.0 Å². The van der Waals surface area contributed by atoms with Gasteiger partial charge in [-0.2, -0.15) is 8.42 Å². The van der Waals surface area contributed by atoms with Gasteiger partial charge in [-0.1, -0.05) is 12.1 Å². The molecule has 0 amide bonds. The van der Waals surface area contributed by atoms with E-state index in [1.807, 2.05) is 0 Å². The van der Waals surface area contributed by atoms with Gasteiger partial charge < -0.3 is 5.11 Å². The summed E-state index contributed by atoms with van der Waals surface area (Å²) in [5.41, 5.74) is 0. The zero-order valence-electron chi connectivity index (χ0n) is 7.25. The number of aromatic hydroxyl groups is 1. The largest absolute Gasteiger partial charge is 0.506 e. The van der Waals surface area contributed by atoms with Crippen molar-refractivity contribution in [2.75, 3.05) is 0 Å². The maximum atomic E-state index is 10.4. The number of hydrogen-bond donors (Lipinski definition) is 2. The van der Waals surface area contributed by atoms with Gasteiger partial charge in [-0.15, -0.1) is 12.4 Å². The minimum Gasteiger partial charge on any atom is -0.506 e. The second kappa shape index (κ2) is 7.72. The van der Waals surface area contributed by atoms with Crippen molar-refractivity contribution >= 4 is 22.5 Å². The van der Waals surface area contributed by atoms with Crippen LogP contribution < -0.4 is 0 Å². The van der Waals surface area contributed by atoms with Crippen molar-refractivity contribution in [3.05, 3.63) is 24.3 Å². The molecule has 8 heteroatoms. The molecule has 0 aromatic heterocycles. The molecule has 0 bridgehead atoms. The van der Waals surface area contributed by atoms with Crippen molar-refractivity contribution in [2.24, 2.45) is 0 Å². The molecular formula is C6H7ClO4SZn2. The molecule has 4 nitrogen and oxygen atoms in total. The van der Waals surface area contributed by atoms with Crippen molar-refractivity contribution < 1.29 is 57.0 Å². The van der Waals surface area contributed by atoms with Gasteiger partial charge >= 0.3 is 0 Å². The molecule has 72 valence electrons. The van der Waals surface area contributed by atoms with Crippen LogP contribution >= 0.6 is 12.4 Å². The summed E-state index contributed by atoms with van der Waals surface area (Å²) in [4.78, 5) is -0.472. The first kappa shape index (κ1) is 20.0. The summed E-state index contributed by atoms with van der Waals surface area (Å²) < 4.78 is 29.4. The Hall–Kier alpha value is 0.467. The van der Waals surface area contributed by atoms with Crippen molar-refractivity contribution in [1.29, 1.82) is 0 Å². The number of phenolic OH excluding ortho intramolecular Hbond substituents is 1. The summed E-state index contributed by atoms with van der Waals surface area (Å²) in [6, 6.07) is 5.17. The molecule has 1 rings (SSSR count). The fourth-order valence-corrected chi connectivity index (χ4v) is 1.26. The summed E-state index contributed by atoms with van der Waals surface area (Å²) in [5.74, 6) is -0.449. The molecule has 0 spiro atoms. The molecule has 0 aliphatic rings. The fourth-order valence-electron chi connectivity index (χ4n) is 0.675. The molecule has 1 aromatic carbocycles. The van der Waals surface area contributed by atoms with Gasteiger partial charge in [0.1, 0.15) is 10.6 Å². The van der Waals surface area contributed by atoms with Crippen LogP contribution in [0, 0.1) is 0 Å². The van der Waals surface area contributed by atoms with Crippen molar-refractivity contribution in [2.45, 2.75) is 4.90 Å². The third-order valence-corrected chi connectivity index (χ3v) is 2.04. The van der Waals surface area contributed by atoms with E-state index in [4.69, 9.17) is 9.66 Å². The Balaban J connectivity index is -0.000000403. The molecule has 14 heavy (non-hydrogen) atoms. The van der Waals surface area contributed by atoms with Crippen LogP contribution in [-0.4, -0.2) is 18.1 Å². The third kappa shape index (κ3) is 5.37. The van der Waals surface area contributed by atoms with Crippen molar-refractivity contribution in [1.82, 2.24) is 0 Å². The Morgan fingerprint density at radius 2 is 1.50 bits per heavy atom. The van der Waals surface area contributed by atoms with Gasteiger partial charge in [0.25, 0.3) is 10.1 Å². The Labute approximate surface area is 114 Å². The van der Waals surface area contributed by atoms with Crippen LogP contribution in [-0.2, 0) is 49.1 Å². The Morgan fingerprint density at radius 3 is 1.79 bits per heavy atom. The van der Waals surface area contributed by atoms with Crippen LogP contribution in [0.2, 0.25) is 0 Å². The second-order valence-corrected chi connectivity index (χ2v) is 3.33. The van der Waals surface area contributed by atoms with E-state index in [1.165, 1.54) is 18.2 Å². The predicted octanol–water partition coefficient (Wildman–Crippen LogP) is 1.06. The van der Waals surface area contributed by atoms with E-state index in [0.717, 1.165) is 6.07 Å². The number of benzene rings is 1. The molecular weight excluding hydrogens is 334 g/mol. The van der Waals surface area contributed by atoms with E-state index in [2.05, 4.69) is 0 Å². The van der Waals surface area contributed by atoms with Crippen LogP contribution in [0.4, 0.5) is 0 Å². The zero-order valence-corrected chi connectivity index (χ0v) is 14.8. The van der Waals surface area contributed by atoms with Crippen molar-refractivity contribution in [3.63, 3.8) is 0 Å². The van der Waals surface area contributed by atoms with E-state index < -0.39 is 20.8 Å². The topological polar surface area (TPSA) is 74.6 Å². The molecule has 0 saturated carbocycles. The monoisotopic (exact) mass is 338 g/mol. The number of hydrogen-bond acceptors (Lipinski definition) is 3. The Morgan fingerprint density at radius 1 is 1.07 bits per heavy atom. The minimum absolute atomic E-state index is 0. The van der Waals surface area contributed by atoms with Crippen LogP contribution in [0.25, 0.3) is 0 Å². The molecule has 0 atom stereocenters. The van der Waals surface area contributed by atoms with E-state index >= 15 is 0 Å². The molecule has 0 fully saturated rings. The zero-order chi connectivity index (χ0) is 8.48. The van der Waals surface area contributed by atoms with Gasteiger partial charge in [-0.25, -0.2) is 0 Å². The Kier molecular flexibility index (Phi) is 11.0. The van der Waals surface area contributed by atoms with Crippen molar-refractivity contribution in [3.8, 4) is 5.75 Å². The maximum absolute atomic E-state index is 10.4. The fraction of sp³-hybridized carbons (Fsp3) is 0. The van der Waals surface area contributed by atoms with E-state index in [1.54, 1.807) is 0 Å². The number of halogens is 1. The molecule has 0 radical (unpaired) electrons. The SMILES string of the molecule is Cl.O=S(=O)(O)c1ccccc1O.[Zn].[Zn]. The van der Waals surface area contributed by atoms with Gasteiger partial charge in [-0.05, 0) is 12.1 Å². The molecule has 0 aliphatic carbocycles. The predicted molar refractivity (Wildman–Crippen MR) is 45.2 cm³/mol. The molecule has 0 aliphatic heterocycles. The van der Waals surface area contributed by atoms with Crippen LogP contribution in [0.3, 0.4) is 0 Å². The standard InChI is InChI=1S/C6H6O4S.ClH.2Zn/c7-5-3-1-2-4-6(5)11(8,9)10;;;/h1-4,7H,(H,8,9,10);1H;;. The summed E-state index contributed by atoms with van der Waals surface area (Å²) in [6.45, 7) is 0. The van der Waals surface area contributed by atoms with Crippen LogP contribution in [0.5, 0.6) is 5.75 Å². The van der Waals surface area contributed by atoms with E-state index in [9.17, 15) is 8.42 Å². The molecule has 0 unspecified atom stereocenters. The normalized spacial score (nSPS) is 8.93. The van der Waals surface area contributed by atoms with Crippen LogP contribution in [0.15, 0.2) is 29.2 Å². The van der Waals surface area contributed by atoms with Crippen LogP contribution in [0.1, 0.15) is 0 Å². The smallest absolute Gasteiger partial charge is 0.298 e. The summed E-state index contributed by atoms with van der Waals surface area (Å²) >= 11 is 0. The van der Waals surface area contributed by atoms with Gasteiger partial charge in [0.2, 0.25) is 0 Å². The Bertz CT molecular complexity index is 368. The number of rotatable bonds is 1. The molecule has 0 heterocycles. The first-order chi connectivity index (χ1) is 5.02. The first-order valence-corrected chi connectivity index (χ1v) is 4.21. The van der Waals surface area contributed by atoms with E-state index in [0.29, 0.717) is 0 Å². The van der Waals surface area contributed by atoms with Gasteiger partial charge in [0.15, 0.2) is 0 Å². The summed E-state index contributed by atoms with van der Waals surface area (Å²) in [6.07, 6.45) is 0. The second-order valence-electron chi connectivity index (χ2n) is 1.94. The molecule has 1 aromatic rings. The minimum atomic E-state index is -4.28. The summed E-state index contributed by atoms with van der Waals surface area (Å²) in [7, 11) is -4.28. The summed E-state index contributed by atoms with van der Waals surface area (Å²) in [5, 5.41) is 8.91. The average Bonchev–Trinajstić information content (AvgIpc) is 1.86. The van der Waals surface area contributed by atoms with E-state index in [-0.39, 0.29) is 51.4 Å². The third-order valence-electron chi connectivity index (χ3n) is 1.14. The van der Waals surface area contributed by atoms with Gasteiger partial charge in [-0.3, -0.25) is 4.55 Å². The number of phenols is 1. The number of para-hydroxylation sites is 1. The maximum Gasteiger partial charge on any atom is 0.298 e.